The molecule has 0 bridgehead atoms. The maximum absolute atomic E-state index is 13.0. The van der Waals surface area contributed by atoms with Crippen LogP contribution in [-0.4, -0.2) is 32.4 Å². The summed E-state index contributed by atoms with van der Waals surface area (Å²) in [6, 6.07) is 15.8. The molecule has 0 atom stereocenters. The molecule has 0 radical (unpaired) electrons. The predicted octanol–water partition coefficient (Wildman–Crippen LogP) is 4.05. The molecule has 7 nitrogen and oxygen atoms in total. The number of hydrogen-bond donors (Lipinski definition) is 1. The Labute approximate surface area is 185 Å². The lowest BCUT2D eigenvalue weighted by molar-refractivity contribution is -0.121. The van der Waals surface area contributed by atoms with Crippen LogP contribution in [0.3, 0.4) is 0 Å². The zero-order chi connectivity index (χ0) is 22.3. The van der Waals surface area contributed by atoms with E-state index >= 15 is 0 Å². The summed E-state index contributed by atoms with van der Waals surface area (Å²) in [6.07, 6.45) is 4.31. The van der Waals surface area contributed by atoms with Crippen LogP contribution < -0.4 is 5.32 Å². The lowest BCUT2D eigenvalue weighted by Gasteiger charge is -2.04. The third kappa shape index (κ3) is 5.46. The van der Waals surface area contributed by atoms with Gasteiger partial charge in [-0.1, -0.05) is 23.4 Å². The Hall–Kier alpha value is -3.81. The zero-order valence-electron chi connectivity index (χ0n) is 17.8. The van der Waals surface area contributed by atoms with E-state index in [9.17, 15) is 9.18 Å². The van der Waals surface area contributed by atoms with Crippen molar-refractivity contribution < 1.29 is 13.7 Å². The second-order valence-electron chi connectivity index (χ2n) is 7.49. The number of rotatable bonds is 9. The van der Waals surface area contributed by atoms with E-state index in [2.05, 4.69) is 20.6 Å². The Balaban J connectivity index is 1.19. The monoisotopic (exact) mass is 433 g/mol. The van der Waals surface area contributed by atoms with E-state index in [0.29, 0.717) is 30.2 Å². The van der Waals surface area contributed by atoms with Gasteiger partial charge in [-0.05, 0) is 61.7 Å². The summed E-state index contributed by atoms with van der Waals surface area (Å²) in [5.74, 6) is 0.368. The van der Waals surface area contributed by atoms with E-state index in [1.165, 1.54) is 17.7 Å². The van der Waals surface area contributed by atoms with E-state index in [-0.39, 0.29) is 18.1 Å². The number of benzene rings is 2. The highest BCUT2D eigenvalue weighted by Crippen LogP contribution is 2.17. The van der Waals surface area contributed by atoms with Crippen LogP contribution in [0.15, 0.2) is 65.3 Å². The molecule has 1 N–H and O–H groups in total. The molecule has 32 heavy (non-hydrogen) atoms. The molecule has 2 heterocycles. The molecule has 0 saturated heterocycles. The van der Waals surface area contributed by atoms with Gasteiger partial charge in [0.2, 0.25) is 17.6 Å². The minimum absolute atomic E-state index is 0.0664. The van der Waals surface area contributed by atoms with E-state index in [1.54, 1.807) is 12.1 Å². The summed E-state index contributed by atoms with van der Waals surface area (Å²) in [6.45, 7) is 2.58. The molecule has 164 valence electrons. The van der Waals surface area contributed by atoms with Crippen molar-refractivity contribution in [2.45, 2.75) is 32.6 Å². The van der Waals surface area contributed by atoms with Crippen molar-refractivity contribution >= 4 is 5.91 Å². The van der Waals surface area contributed by atoms with Gasteiger partial charge in [-0.25, -0.2) is 9.07 Å². The molecule has 1 amide bonds. The van der Waals surface area contributed by atoms with Crippen molar-refractivity contribution in [1.82, 2.24) is 25.2 Å². The van der Waals surface area contributed by atoms with Gasteiger partial charge in [0.15, 0.2) is 0 Å². The summed E-state index contributed by atoms with van der Waals surface area (Å²) < 4.78 is 20.1. The number of nitrogens with zero attached hydrogens (tertiary/aromatic N) is 4. The molecule has 0 aliphatic rings. The van der Waals surface area contributed by atoms with Crippen molar-refractivity contribution in [2.75, 3.05) is 6.54 Å². The Bertz CT molecular complexity index is 1170. The molecular weight excluding hydrogens is 409 g/mol. The first-order valence-corrected chi connectivity index (χ1v) is 10.5. The first kappa shape index (κ1) is 21.4. The summed E-state index contributed by atoms with van der Waals surface area (Å²) in [7, 11) is 0. The largest absolute Gasteiger partial charge is 0.356 e. The molecule has 4 rings (SSSR count). The Morgan fingerprint density at radius 2 is 1.88 bits per heavy atom. The predicted molar refractivity (Wildman–Crippen MR) is 118 cm³/mol. The second kappa shape index (κ2) is 10.00. The highest BCUT2D eigenvalue weighted by molar-refractivity contribution is 5.76. The van der Waals surface area contributed by atoms with Gasteiger partial charge in [-0.2, -0.15) is 10.1 Å². The van der Waals surface area contributed by atoms with Gasteiger partial charge in [0.1, 0.15) is 5.82 Å². The van der Waals surface area contributed by atoms with E-state index < -0.39 is 0 Å². The van der Waals surface area contributed by atoms with Crippen LogP contribution in [0.25, 0.3) is 17.1 Å². The average Bonchev–Trinajstić information content (AvgIpc) is 3.43. The van der Waals surface area contributed by atoms with Crippen LogP contribution in [0.5, 0.6) is 0 Å². The van der Waals surface area contributed by atoms with Gasteiger partial charge in [-0.3, -0.25) is 4.79 Å². The second-order valence-corrected chi connectivity index (χ2v) is 7.49. The molecular formula is C24H24FN5O2. The van der Waals surface area contributed by atoms with E-state index in [0.717, 1.165) is 24.2 Å². The Morgan fingerprint density at radius 3 is 2.66 bits per heavy atom. The van der Waals surface area contributed by atoms with Crippen molar-refractivity contribution in [3.8, 4) is 17.1 Å². The van der Waals surface area contributed by atoms with Crippen LogP contribution in [-0.2, 0) is 17.6 Å². The van der Waals surface area contributed by atoms with Gasteiger partial charge in [-0.15, -0.1) is 0 Å². The first-order chi connectivity index (χ1) is 15.6. The fourth-order valence-electron chi connectivity index (χ4n) is 3.34. The minimum Gasteiger partial charge on any atom is -0.356 e. The smallest absolute Gasteiger partial charge is 0.227 e. The van der Waals surface area contributed by atoms with Crippen molar-refractivity contribution in [1.29, 1.82) is 0 Å². The molecule has 0 saturated carbocycles. The molecule has 0 spiro atoms. The van der Waals surface area contributed by atoms with Crippen molar-refractivity contribution in [3.63, 3.8) is 0 Å². The molecule has 0 aliphatic carbocycles. The van der Waals surface area contributed by atoms with Gasteiger partial charge >= 0.3 is 0 Å². The normalized spacial score (nSPS) is 10.9. The SMILES string of the molecule is Cc1nn(-c2ccccc2)cc1CCCNC(=O)CCc1nc(-c2ccc(F)cc2)no1. The van der Waals surface area contributed by atoms with Crippen molar-refractivity contribution in [3.05, 3.63) is 83.8 Å². The average molecular weight is 433 g/mol. The van der Waals surface area contributed by atoms with Crippen LogP contribution in [0.4, 0.5) is 4.39 Å². The fourth-order valence-corrected chi connectivity index (χ4v) is 3.34. The standard InChI is InChI=1S/C24H24FN5O2/c1-17-19(16-30(28-17)21-7-3-2-4-8-21)6-5-15-26-22(31)13-14-23-27-24(29-32-23)18-9-11-20(25)12-10-18/h2-4,7-12,16H,5-6,13-15H2,1H3,(H,26,31). The summed E-state index contributed by atoms with van der Waals surface area (Å²) in [4.78, 5) is 16.4. The van der Waals surface area contributed by atoms with Crippen LogP contribution >= 0.6 is 0 Å². The van der Waals surface area contributed by atoms with Gasteiger partial charge in [0.05, 0.1) is 11.4 Å². The number of carbonyl (C=O) groups is 1. The van der Waals surface area contributed by atoms with Crippen LogP contribution in [0, 0.1) is 12.7 Å². The number of hydrogen-bond acceptors (Lipinski definition) is 5. The molecule has 2 aromatic carbocycles. The topological polar surface area (TPSA) is 85.8 Å². The van der Waals surface area contributed by atoms with Crippen LogP contribution in [0.2, 0.25) is 0 Å². The maximum Gasteiger partial charge on any atom is 0.227 e. The molecule has 0 aliphatic heterocycles. The highest BCUT2D eigenvalue weighted by atomic mass is 19.1. The molecule has 4 aromatic rings. The number of para-hydroxylation sites is 1. The van der Waals surface area contributed by atoms with Crippen molar-refractivity contribution in [2.24, 2.45) is 0 Å². The molecule has 0 unspecified atom stereocenters. The number of amides is 1. The summed E-state index contributed by atoms with van der Waals surface area (Å²) >= 11 is 0. The van der Waals surface area contributed by atoms with E-state index in [4.69, 9.17) is 4.52 Å². The number of carbonyl (C=O) groups excluding carboxylic acids is 1. The third-order valence-electron chi connectivity index (χ3n) is 5.10. The number of aromatic nitrogens is 4. The van der Waals surface area contributed by atoms with E-state index in [1.807, 2.05) is 48.1 Å². The Kier molecular flexibility index (Phi) is 6.69. The van der Waals surface area contributed by atoms with Gasteiger partial charge < -0.3 is 9.84 Å². The lowest BCUT2D eigenvalue weighted by Crippen LogP contribution is -2.25. The quantitative estimate of drug-likeness (QED) is 0.403. The van der Waals surface area contributed by atoms with Gasteiger partial charge in [0.25, 0.3) is 0 Å². The number of nitrogens with one attached hydrogen (secondary N) is 1. The maximum atomic E-state index is 13.0. The Morgan fingerprint density at radius 1 is 1.09 bits per heavy atom. The molecule has 0 fully saturated rings. The first-order valence-electron chi connectivity index (χ1n) is 10.5. The highest BCUT2D eigenvalue weighted by Gasteiger charge is 2.11. The third-order valence-corrected chi connectivity index (χ3v) is 5.10. The fraction of sp³-hybridized carbons (Fsp3) is 0.250. The summed E-state index contributed by atoms with van der Waals surface area (Å²) in [5.41, 5.74) is 3.85. The van der Waals surface area contributed by atoms with Gasteiger partial charge in [0, 0.05) is 31.1 Å². The number of aryl methyl sites for hydroxylation is 3. The molecule has 2 aromatic heterocycles. The minimum atomic E-state index is -0.325. The zero-order valence-corrected chi connectivity index (χ0v) is 17.8. The summed E-state index contributed by atoms with van der Waals surface area (Å²) in [5, 5.41) is 11.4. The number of halogens is 1. The van der Waals surface area contributed by atoms with Crippen LogP contribution in [0.1, 0.15) is 30.0 Å². The lowest BCUT2D eigenvalue weighted by atomic mass is 10.1. The molecule has 8 heteroatoms.